The lowest BCUT2D eigenvalue weighted by molar-refractivity contribution is 0.0715. The van der Waals surface area contributed by atoms with Crippen molar-refractivity contribution in [2.24, 2.45) is 5.92 Å². The molecule has 40 heavy (non-hydrogen) atoms. The summed E-state index contributed by atoms with van der Waals surface area (Å²) < 4.78 is 25.8. The van der Waals surface area contributed by atoms with E-state index in [4.69, 9.17) is 9.15 Å². The van der Waals surface area contributed by atoms with Crippen LogP contribution < -0.4 is 10.4 Å². The van der Waals surface area contributed by atoms with Gasteiger partial charge in [0.1, 0.15) is 11.1 Å². The van der Waals surface area contributed by atoms with E-state index in [9.17, 15) is 9.59 Å². The van der Waals surface area contributed by atoms with Crippen LogP contribution in [0.25, 0.3) is 10.8 Å². The number of hydrogen-bond acceptors (Lipinski definition) is 6. The molecule has 1 fully saturated rings. The second kappa shape index (κ2) is 12.5. The minimum atomic E-state index is -0.947. The Kier molecular flexibility index (Phi) is 8.68. The van der Waals surface area contributed by atoms with Gasteiger partial charge in [0, 0.05) is 18.8 Å². The molecule has 2 heterocycles. The zero-order valence-electron chi connectivity index (χ0n) is 23.1. The van der Waals surface area contributed by atoms with E-state index in [2.05, 4.69) is 41.2 Å². The van der Waals surface area contributed by atoms with Gasteiger partial charge in [-0.1, -0.05) is 57.0 Å². The average Bonchev–Trinajstić information content (AvgIpc) is 2.98. The fourth-order valence-corrected chi connectivity index (χ4v) is 5.63. The molecule has 1 aliphatic carbocycles. The maximum atomic E-state index is 15.2. The van der Waals surface area contributed by atoms with Gasteiger partial charge in [0.25, 0.3) is 0 Å². The van der Waals surface area contributed by atoms with Crippen LogP contribution in [0.3, 0.4) is 0 Å². The van der Waals surface area contributed by atoms with Gasteiger partial charge in [-0.25, -0.2) is 23.9 Å². The molecule has 4 aromatic rings. The first kappa shape index (κ1) is 27.7. The molecule has 208 valence electrons. The molecule has 2 aromatic carbocycles. The fraction of sp³-hybridized carbons (Fsp3) is 0.394. The first-order valence-corrected chi connectivity index (χ1v) is 14.3. The van der Waals surface area contributed by atoms with Crippen LogP contribution in [0.5, 0.6) is 5.75 Å². The van der Waals surface area contributed by atoms with Crippen LogP contribution in [0.1, 0.15) is 91.4 Å². The van der Waals surface area contributed by atoms with Crippen LogP contribution >= 0.6 is 0 Å². The Bertz CT molecular complexity index is 1520. The molecule has 0 spiro atoms. The Labute approximate surface area is 233 Å². The van der Waals surface area contributed by atoms with Crippen molar-refractivity contribution in [3.63, 3.8) is 0 Å². The van der Waals surface area contributed by atoms with E-state index in [-0.39, 0.29) is 17.0 Å². The predicted molar refractivity (Wildman–Crippen MR) is 152 cm³/mol. The maximum absolute atomic E-state index is 15.2. The van der Waals surface area contributed by atoms with Crippen LogP contribution in [-0.4, -0.2) is 15.9 Å². The zero-order valence-corrected chi connectivity index (χ0v) is 23.1. The summed E-state index contributed by atoms with van der Waals surface area (Å²) in [6.45, 7) is 4.31. The van der Waals surface area contributed by atoms with Crippen molar-refractivity contribution in [1.29, 1.82) is 0 Å². The van der Waals surface area contributed by atoms with Crippen molar-refractivity contribution in [2.75, 3.05) is 0 Å². The maximum Gasteiger partial charge on any atom is 0.381 e. The van der Waals surface area contributed by atoms with Gasteiger partial charge in [0.05, 0.1) is 0 Å². The number of nitrogens with zero attached hydrogens (tertiary/aromatic N) is 2. The van der Waals surface area contributed by atoms with E-state index in [1.807, 2.05) is 6.92 Å². The van der Waals surface area contributed by atoms with E-state index in [0.29, 0.717) is 29.9 Å². The number of aryl methyl sites for hydroxylation is 3. The largest absolute Gasteiger partial charge is 0.427 e. The second-order valence-corrected chi connectivity index (χ2v) is 10.8. The number of carbonyl (C=O) groups excluding carboxylic acids is 1. The van der Waals surface area contributed by atoms with Gasteiger partial charge in [-0.15, -0.1) is 0 Å². The molecule has 0 aliphatic heterocycles. The third kappa shape index (κ3) is 6.30. The average molecular weight is 543 g/mol. The van der Waals surface area contributed by atoms with Crippen molar-refractivity contribution in [1.82, 2.24) is 9.97 Å². The minimum absolute atomic E-state index is 0.182. The molecule has 7 heteroatoms. The zero-order chi connectivity index (χ0) is 28.1. The predicted octanol–water partition coefficient (Wildman–Crippen LogP) is 7.36. The highest BCUT2D eigenvalue weighted by Crippen LogP contribution is 2.37. The van der Waals surface area contributed by atoms with Crippen molar-refractivity contribution in [2.45, 2.75) is 77.6 Å². The van der Waals surface area contributed by atoms with Gasteiger partial charge in [-0.05, 0) is 84.6 Å². The van der Waals surface area contributed by atoms with Crippen molar-refractivity contribution in [3.8, 4) is 5.75 Å². The molecule has 0 saturated heterocycles. The minimum Gasteiger partial charge on any atom is -0.427 e. The summed E-state index contributed by atoms with van der Waals surface area (Å²) >= 11 is 0. The van der Waals surface area contributed by atoms with E-state index in [0.717, 1.165) is 29.9 Å². The van der Waals surface area contributed by atoms with Gasteiger partial charge in [0.2, 0.25) is 5.82 Å². The number of aromatic nitrogens is 2. The summed E-state index contributed by atoms with van der Waals surface area (Å²) in [5, 5.41) is 0.136. The molecule has 0 amide bonds. The quantitative estimate of drug-likeness (QED) is 0.162. The summed E-state index contributed by atoms with van der Waals surface area (Å²) in [7, 11) is 0. The number of halogens is 1. The van der Waals surface area contributed by atoms with E-state index < -0.39 is 17.4 Å². The Hall–Kier alpha value is -3.87. The van der Waals surface area contributed by atoms with Crippen LogP contribution in [0, 0.1) is 11.7 Å². The lowest BCUT2D eigenvalue weighted by Gasteiger charge is -2.28. The first-order valence-electron chi connectivity index (χ1n) is 14.3. The molecule has 0 bridgehead atoms. The normalized spacial score (nSPS) is 17.2. The number of esters is 1. The molecule has 2 aromatic heterocycles. The van der Waals surface area contributed by atoms with Crippen LogP contribution in [0.4, 0.5) is 4.39 Å². The summed E-state index contributed by atoms with van der Waals surface area (Å²) in [5.41, 5.74) is 2.65. The van der Waals surface area contributed by atoms with Crippen molar-refractivity contribution in [3.05, 3.63) is 99.4 Å². The number of rotatable bonds is 9. The highest BCUT2D eigenvalue weighted by Gasteiger charge is 2.22. The number of fused-ring (bicyclic) bond motifs is 1. The molecule has 0 atom stereocenters. The number of carbonyl (C=O) groups is 1. The standard InChI is InChI=1S/C33H35FN2O4/c1-3-5-23-19-35-31(36-20-23)33(38)40-28-17-15-26-18-27(39-32(37)29(26)30(28)34)16-10-22-8-13-25(14-9-22)24-11-6-21(4-2)7-12-24/h8-9,13-15,17-21,24H,3-7,10-12,16H2,1-2H3. The molecule has 1 aliphatic rings. The van der Waals surface area contributed by atoms with E-state index in [1.54, 1.807) is 24.5 Å². The number of benzene rings is 2. The Morgan fingerprint density at radius 3 is 2.35 bits per heavy atom. The first-order chi connectivity index (χ1) is 19.4. The van der Waals surface area contributed by atoms with E-state index in [1.165, 1.54) is 43.7 Å². The summed E-state index contributed by atoms with van der Waals surface area (Å²) in [5.74, 6) is -0.400. The van der Waals surface area contributed by atoms with Gasteiger partial charge >= 0.3 is 11.6 Å². The molecular weight excluding hydrogens is 507 g/mol. The van der Waals surface area contributed by atoms with Crippen molar-refractivity contribution < 1.29 is 18.3 Å². The molecule has 0 N–H and O–H groups in total. The molecular formula is C33H35FN2O4. The SMILES string of the molecule is CCCc1cnc(C(=O)Oc2ccc3cc(CCc4ccc(C5CCC(CC)CC5)cc4)oc(=O)c3c2F)nc1. The Balaban J connectivity index is 1.24. The van der Waals surface area contributed by atoms with Crippen LogP contribution in [0.2, 0.25) is 0 Å². The smallest absolute Gasteiger partial charge is 0.381 e. The molecule has 1 saturated carbocycles. The summed E-state index contributed by atoms with van der Waals surface area (Å²) in [4.78, 5) is 33.2. The number of ether oxygens (including phenoxy) is 1. The summed E-state index contributed by atoms with van der Waals surface area (Å²) in [6.07, 6.45) is 12.5. The molecule has 5 rings (SSSR count). The third-order valence-corrected chi connectivity index (χ3v) is 8.05. The summed E-state index contributed by atoms with van der Waals surface area (Å²) in [6, 6.07) is 13.3. The molecule has 0 radical (unpaired) electrons. The Morgan fingerprint density at radius 1 is 0.950 bits per heavy atom. The Morgan fingerprint density at radius 2 is 1.68 bits per heavy atom. The van der Waals surface area contributed by atoms with E-state index >= 15 is 4.39 Å². The van der Waals surface area contributed by atoms with Gasteiger partial charge in [-0.3, -0.25) is 0 Å². The lowest BCUT2D eigenvalue weighted by Crippen LogP contribution is -2.14. The van der Waals surface area contributed by atoms with Crippen LogP contribution in [0.15, 0.2) is 64.1 Å². The number of hydrogen-bond donors (Lipinski definition) is 0. The van der Waals surface area contributed by atoms with Crippen molar-refractivity contribution >= 4 is 16.7 Å². The highest BCUT2D eigenvalue weighted by atomic mass is 19.1. The topological polar surface area (TPSA) is 82.3 Å². The van der Waals surface area contributed by atoms with Gasteiger partial charge in [0.15, 0.2) is 11.6 Å². The van der Waals surface area contributed by atoms with Gasteiger partial charge in [-0.2, -0.15) is 0 Å². The monoisotopic (exact) mass is 542 g/mol. The highest BCUT2D eigenvalue weighted by molar-refractivity contribution is 5.89. The lowest BCUT2D eigenvalue weighted by atomic mass is 9.78. The second-order valence-electron chi connectivity index (χ2n) is 10.8. The molecule has 6 nitrogen and oxygen atoms in total. The molecule has 0 unspecified atom stereocenters. The fourth-order valence-electron chi connectivity index (χ4n) is 5.63. The third-order valence-electron chi connectivity index (χ3n) is 8.05. The van der Waals surface area contributed by atoms with Crippen LogP contribution in [-0.2, 0) is 19.3 Å². The van der Waals surface area contributed by atoms with Gasteiger partial charge < -0.3 is 9.15 Å².